The highest BCUT2D eigenvalue weighted by Crippen LogP contribution is 2.10. The number of nitrogens with two attached hydrogens (primary N) is 1. The van der Waals surface area contributed by atoms with Crippen LogP contribution in [0.5, 0.6) is 0 Å². The Bertz CT molecular complexity index is 442. The highest BCUT2D eigenvalue weighted by Gasteiger charge is 1.96. The number of carbonyl (C=O) groups excluding carboxylic acids is 1. The van der Waals surface area contributed by atoms with E-state index < -0.39 is 0 Å². The van der Waals surface area contributed by atoms with Gasteiger partial charge in [0.25, 0.3) is 0 Å². The van der Waals surface area contributed by atoms with E-state index in [0.29, 0.717) is 0 Å². The predicted molar refractivity (Wildman–Crippen MR) is 104 cm³/mol. The van der Waals surface area contributed by atoms with Gasteiger partial charge in [0.05, 0.1) is 0 Å². The fourth-order valence-electron chi connectivity index (χ4n) is 2.69. The Labute approximate surface area is 147 Å². The summed E-state index contributed by atoms with van der Waals surface area (Å²) in [5, 5.41) is 2.95. The molecule has 0 aromatic heterocycles. The van der Waals surface area contributed by atoms with Gasteiger partial charge in [-0.25, -0.2) is 0 Å². The molecule has 1 amide bonds. The first-order valence-electron chi connectivity index (χ1n) is 9.54. The van der Waals surface area contributed by atoms with Crippen LogP contribution in [-0.2, 0) is 4.79 Å². The van der Waals surface area contributed by atoms with Crippen LogP contribution in [0.2, 0.25) is 0 Å². The number of amides is 1. The molecule has 3 nitrogen and oxygen atoms in total. The van der Waals surface area contributed by atoms with Gasteiger partial charge < -0.3 is 11.1 Å². The second-order valence-electron chi connectivity index (χ2n) is 6.36. The number of nitrogens with one attached hydrogen (secondary N) is 1. The highest BCUT2D eigenvalue weighted by molar-refractivity contribution is 5.91. The summed E-state index contributed by atoms with van der Waals surface area (Å²) in [6, 6.07) is 9.89. The molecule has 1 rings (SSSR count). The molecule has 0 bridgehead atoms. The van der Waals surface area contributed by atoms with E-state index in [9.17, 15) is 4.79 Å². The molecule has 1 aromatic carbocycles. The molecular weight excluding hydrogens is 296 g/mol. The van der Waals surface area contributed by atoms with Gasteiger partial charge in [-0.05, 0) is 31.0 Å². The molecule has 3 heteroatoms. The van der Waals surface area contributed by atoms with Gasteiger partial charge in [0.1, 0.15) is 0 Å². The Morgan fingerprint density at radius 2 is 1.38 bits per heavy atom. The number of carbonyl (C=O) groups is 1. The minimum absolute atomic E-state index is 0.00340. The highest BCUT2D eigenvalue weighted by atomic mass is 16.1. The molecule has 0 saturated carbocycles. The van der Waals surface area contributed by atoms with Gasteiger partial charge >= 0.3 is 0 Å². The van der Waals surface area contributed by atoms with Crippen molar-refractivity contribution in [3.05, 3.63) is 42.0 Å². The second-order valence-corrected chi connectivity index (χ2v) is 6.36. The number of hydrogen-bond donors (Lipinski definition) is 2. The maximum absolute atomic E-state index is 11.7. The van der Waals surface area contributed by atoms with Crippen LogP contribution >= 0.6 is 0 Å². The van der Waals surface area contributed by atoms with Crippen molar-refractivity contribution in [2.45, 2.75) is 64.2 Å². The summed E-state index contributed by atoms with van der Waals surface area (Å²) in [6.07, 6.45) is 16.2. The molecule has 0 aliphatic heterocycles. The van der Waals surface area contributed by atoms with Gasteiger partial charge in [-0.1, -0.05) is 81.7 Å². The zero-order valence-corrected chi connectivity index (χ0v) is 15.0. The fraction of sp³-hybridized carbons (Fsp3) is 0.571. The van der Waals surface area contributed by atoms with E-state index in [0.717, 1.165) is 25.1 Å². The lowest BCUT2D eigenvalue weighted by molar-refractivity contribution is -0.116. The maximum Gasteiger partial charge on any atom is 0.243 e. The zero-order valence-electron chi connectivity index (χ0n) is 15.0. The summed E-state index contributed by atoms with van der Waals surface area (Å²) in [7, 11) is 0. The van der Waals surface area contributed by atoms with Gasteiger partial charge in [0.15, 0.2) is 0 Å². The van der Waals surface area contributed by atoms with E-state index in [1.807, 2.05) is 36.4 Å². The minimum atomic E-state index is -0.00340. The minimum Gasteiger partial charge on any atom is -0.353 e. The lowest BCUT2D eigenvalue weighted by Crippen LogP contribution is -2.21. The summed E-state index contributed by atoms with van der Waals surface area (Å²) in [5.41, 5.74) is 6.53. The smallest absolute Gasteiger partial charge is 0.243 e. The molecule has 0 saturated heterocycles. The Morgan fingerprint density at radius 3 is 1.96 bits per heavy atom. The van der Waals surface area contributed by atoms with E-state index in [1.54, 1.807) is 6.08 Å². The van der Waals surface area contributed by atoms with Crippen molar-refractivity contribution in [3.63, 3.8) is 0 Å². The summed E-state index contributed by atoms with van der Waals surface area (Å²) in [4.78, 5) is 11.7. The molecule has 0 aliphatic carbocycles. The normalized spacial score (nSPS) is 11.0. The molecule has 24 heavy (non-hydrogen) atoms. The van der Waals surface area contributed by atoms with E-state index in [2.05, 4.69) is 5.32 Å². The van der Waals surface area contributed by atoms with Crippen molar-refractivity contribution in [1.82, 2.24) is 5.32 Å². The first kappa shape index (κ1) is 20.4. The molecule has 0 fully saturated rings. The summed E-state index contributed by atoms with van der Waals surface area (Å²) in [5.74, 6) is -0.00340. The molecule has 0 atom stereocenters. The van der Waals surface area contributed by atoms with Crippen LogP contribution < -0.4 is 11.1 Å². The quantitative estimate of drug-likeness (QED) is 0.384. The van der Waals surface area contributed by atoms with Gasteiger partial charge in [0, 0.05) is 12.6 Å². The van der Waals surface area contributed by atoms with Crippen LogP contribution in [0.4, 0.5) is 0 Å². The molecule has 0 aliphatic rings. The van der Waals surface area contributed by atoms with E-state index >= 15 is 0 Å². The Morgan fingerprint density at radius 1 is 0.833 bits per heavy atom. The van der Waals surface area contributed by atoms with E-state index in [1.165, 1.54) is 57.8 Å². The number of hydrogen-bond acceptors (Lipinski definition) is 2. The standard InChI is InChI=1S/C21H34N2O/c22-18-12-7-5-3-1-2-4-6-8-13-19-23-21(24)17-16-20-14-10-9-11-15-20/h9-11,14-17H,1-8,12-13,18-19,22H2,(H,23,24)/b17-16+. The van der Waals surface area contributed by atoms with Gasteiger partial charge in [-0.2, -0.15) is 0 Å². The van der Waals surface area contributed by atoms with Crippen LogP contribution in [-0.4, -0.2) is 19.0 Å². The molecular formula is C21H34N2O. The van der Waals surface area contributed by atoms with Crippen molar-refractivity contribution in [3.8, 4) is 0 Å². The molecule has 0 unspecified atom stereocenters. The third-order valence-electron chi connectivity index (χ3n) is 4.16. The van der Waals surface area contributed by atoms with Gasteiger partial charge in [-0.15, -0.1) is 0 Å². The predicted octanol–water partition coefficient (Wildman–Crippen LogP) is 4.68. The first-order valence-corrected chi connectivity index (χ1v) is 9.54. The third kappa shape index (κ3) is 11.9. The zero-order chi connectivity index (χ0) is 17.3. The van der Waals surface area contributed by atoms with Crippen molar-refractivity contribution >= 4 is 12.0 Å². The number of benzene rings is 1. The van der Waals surface area contributed by atoms with Crippen molar-refractivity contribution in [2.24, 2.45) is 5.73 Å². The Hall–Kier alpha value is -1.61. The first-order chi connectivity index (χ1) is 11.8. The van der Waals surface area contributed by atoms with Crippen molar-refractivity contribution < 1.29 is 4.79 Å². The van der Waals surface area contributed by atoms with Gasteiger partial charge in [-0.3, -0.25) is 4.79 Å². The topological polar surface area (TPSA) is 55.1 Å². The van der Waals surface area contributed by atoms with Crippen LogP contribution in [0.1, 0.15) is 69.8 Å². The number of unbranched alkanes of at least 4 members (excludes halogenated alkanes) is 9. The average molecular weight is 331 g/mol. The fourth-order valence-corrected chi connectivity index (χ4v) is 2.69. The summed E-state index contributed by atoms with van der Waals surface area (Å²) >= 11 is 0. The summed E-state index contributed by atoms with van der Waals surface area (Å²) in [6.45, 7) is 1.61. The van der Waals surface area contributed by atoms with Crippen LogP contribution in [0.25, 0.3) is 6.08 Å². The molecule has 0 radical (unpaired) electrons. The van der Waals surface area contributed by atoms with Gasteiger partial charge in [0.2, 0.25) is 5.91 Å². The maximum atomic E-state index is 11.7. The molecule has 134 valence electrons. The van der Waals surface area contributed by atoms with Crippen LogP contribution in [0.3, 0.4) is 0 Å². The van der Waals surface area contributed by atoms with Crippen LogP contribution in [0, 0.1) is 0 Å². The van der Waals surface area contributed by atoms with E-state index in [4.69, 9.17) is 5.73 Å². The second kappa shape index (κ2) is 14.9. The van der Waals surface area contributed by atoms with E-state index in [-0.39, 0.29) is 5.91 Å². The Kier molecular flexibility index (Phi) is 12.7. The van der Waals surface area contributed by atoms with Crippen molar-refractivity contribution in [1.29, 1.82) is 0 Å². The SMILES string of the molecule is NCCCCCCCCCCCCNC(=O)/C=C/c1ccccc1. The lowest BCUT2D eigenvalue weighted by Gasteiger charge is -2.03. The lowest BCUT2D eigenvalue weighted by atomic mass is 10.1. The Balaban J connectivity index is 1.88. The van der Waals surface area contributed by atoms with Crippen LogP contribution in [0.15, 0.2) is 36.4 Å². The monoisotopic (exact) mass is 330 g/mol. The molecule has 0 heterocycles. The third-order valence-corrected chi connectivity index (χ3v) is 4.16. The largest absolute Gasteiger partial charge is 0.353 e. The average Bonchev–Trinajstić information content (AvgIpc) is 2.62. The molecule has 3 N–H and O–H groups in total. The van der Waals surface area contributed by atoms with Crippen molar-refractivity contribution in [2.75, 3.05) is 13.1 Å². The number of rotatable bonds is 14. The summed E-state index contributed by atoms with van der Waals surface area (Å²) < 4.78 is 0. The molecule has 0 spiro atoms. The molecule has 1 aromatic rings.